The van der Waals surface area contributed by atoms with Crippen LogP contribution in [0, 0.1) is 11.3 Å². The largest absolute Gasteiger partial charge is 0.359 e. The molecule has 8 rings (SSSR count). The molecule has 1 unspecified atom stereocenters. The van der Waals surface area contributed by atoms with E-state index in [9.17, 15) is 0 Å². The summed E-state index contributed by atoms with van der Waals surface area (Å²) in [5.74, 6) is 0.688. The quantitative estimate of drug-likeness (QED) is 0.512. The first-order valence-electron chi connectivity index (χ1n) is 13.3. The molecule has 3 spiro atoms. The molecule has 1 aromatic carbocycles. The standard InChI is InChI=1S/C30H33NO3/c1-27-9-6-24-17-23-7-10-29(32-14-15-33-29)19-28(23)11-12-30(24,34-28)26(27)5-4-25(27)21-3-2-20-8-13-31-18-22(20)16-21/h2-3,6,8,13,16-18,25-26H,4-5,7,9-12,14-15,19H2,1H3/t25?,26-,27+,28-,30-/m1/s1. The Bertz CT molecular complexity index is 1260. The molecule has 2 aromatic rings. The lowest BCUT2D eigenvalue weighted by Gasteiger charge is -2.55. The molecule has 4 nitrogen and oxygen atoms in total. The summed E-state index contributed by atoms with van der Waals surface area (Å²) in [5.41, 5.74) is 4.33. The molecule has 1 aromatic heterocycles. The molecule has 0 radical (unpaired) electrons. The van der Waals surface area contributed by atoms with Crippen LogP contribution >= 0.6 is 0 Å². The second-order valence-corrected chi connectivity index (χ2v) is 12.0. The fraction of sp³-hybridized carbons (Fsp3) is 0.567. The number of fused-ring (bicyclic) bond motifs is 2. The minimum absolute atomic E-state index is 0.138. The fourth-order valence-corrected chi connectivity index (χ4v) is 9.00. The highest BCUT2D eigenvalue weighted by molar-refractivity contribution is 5.82. The Kier molecular flexibility index (Phi) is 3.92. The summed E-state index contributed by atoms with van der Waals surface area (Å²) >= 11 is 0. The second kappa shape index (κ2) is 6.60. The summed E-state index contributed by atoms with van der Waals surface area (Å²) in [4.78, 5) is 4.37. The maximum atomic E-state index is 7.39. The van der Waals surface area contributed by atoms with Gasteiger partial charge < -0.3 is 14.2 Å². The first-order valence-corrected chi connectivity index (χ1v) is 13.3. The number of rotatable bonds is 1. The number of hydrogen-bond acceptors (Lipinski definition) is 4. The first kappa shape index (κ1) is 20.2. The van der Waals surface area contributed by atoms with Crippen molar-refractivity contribution >= 4 is 10.8 Å². The fourth-order valence-electron chi connectivity index (χ4n) is 9.00. The van der Waals surface area contributed by atoms with Gasteiger partial charge in [0.05, 0.1) is 24.4 Å². The Morgan fingerprint density at radius 1 is 1.00 bits per heavy atom. The molecule has 4 heterocycles. The number of pyridine rings is 1. The third-order valence-electron chi connectivity index (χ3n) is 10.6. The normalized spacial score (nSPS) is 41.7. The zero-order valence-corrected chi connectivity index (χ0v) is 20.0. The van der Waals surface area contributed by atoms with E-state index in [2.05, 4.69) is 48.3 Å². The number of allylic oxidation sites excluding steroid dienone is 1. The predicted molar refractivity (Wildman–Crippen MR) is 130 cm³/mol. The van der Waals surface area contributed by atoms with Gasteiger partial charge in [-0.3, -0.25) is 4.98 Å². The first-order chi connectivity index (χ1) is 16.5. The van der Waals surface area contributed by atoms with E-state index < -0.39 is 5.79 Å². The van der Waals surface area contributed by atoms with E-state index in [0.717, 1.165) is 51.7 Å². The highest BCUT2D eigenvalue weighted by Gasteiger charge is 2.68. The van der Waals surface area contributed by atoms with Crippen LogP contribution in [0.25, 0.3) is 10.8 Å². The Morgan fingerprint density at radius 2 is 1.91 bits per heavy atom. The average molecular weight is 456 g/mol. The summed E-state index contributed by atoms with van der Waals surface area (Å²) < 4.78 is 19.7. The van der Waals surface area contributed by atoms with Gasteiger partial charge in [0.2, 0.25) is 0 Å². The Labute approximate surface area is 201 Å². The van der Waals surface area contributed by atoms with Crippen LogP contribution < -0.4 is 0 Å². The van der Waals surface area contributed by atoms with E-state index >= 15 is 0 Å². The van der Waals surface area contributed by atoms with E-state index in [-0.39, 0.29) is 16.6 Å². The van der Waals surface area contributed by atoms with Crippen LogP contribution in [0.3, 0.4) is 0 Å². The smallest absolute Gasteiger partial charge is 0.171 e. The highest BCUT2D eigenvalue weighted by atomic mass is 16.7. The van der Waals surface area contributed by atoms with Gasteiger partial charge in [0, 0.05) is 30.6 Å². The van der Waals surface area contributed by atoms with Crippen LogP contribution in [0.2, 0.25) is 0 Å². The predicted octanol–water partition coefficient (Wildman–Crippen LogP) is 6.22. The van der Waals surface area contributed by atoms with E-state index in [1.807, 2.05) is 12.4 Å². The van der Waals surface area contributed by atoms with Gasteiger partial charge in [0.25, 0.3) is 0 Å². The molecule has 2 bridgehead atoms. The molecule has 4 fully saturated rings. The lowest BCUT2D eigenvalue weighted by Crippen LogP contribution is -2.56. The second-order valence-electron chi connectivity index (χ2n) is 12.0. The van der Waals surface area contributed by atoms with Gasteiger partial charge >= 0.3 is 0 Å². The van der Waals surface area contributed by atoms with E-state index in [1.54, 1.807) is 0 Å². The van der Waals surface area contributed by atoms with Crippen molar-refractivity contribution in [2.75, 3.05) is 13.2 Å². The van der Waals surface area contributed by atoms with Crippen LogP contribution in [0.4, 0.5) is 0 Å². The molecule has 0 N–H and O–H groups in total. The van der Waals surface area contributed by atoms with Gasteiger partial charge in [-0.1, -0.05) is 31.2 Å². The molecule has 0 amide bonds. The van der Waals surface area contributed by atoms with Crippen LogP contribution in [0.15, 0.2) is 60.0 Å². The lowest BCUT2D eigenvalue weighted by molar-refractivity contribution is -0.226. The van der Waals surface area contributed by atoms with Crippen molar-refractivity contribution in [2.45, 2.75) is 81.2 Å². The lowest BCUT2D eigenvalue weighted by atomic mass is 9.58. The minimum Gasteiger partial charge on any atom is -0.359 e. The molecule has 3 aliphatic heterocycles. The number of ether oxygens (including phenoxy) is 3. The minimum atomic E-state index is -0.417. The van der Waals surface area contributed by atoms with Crippen LogP contribution in [0.1, 0.15) is 69.8 Å². The van der Waals surface area contributed by atoms with E-state index in [1.165, 1.54) is 40.3 Å². The van der Waals surface area contributed by atoms with Gasteiger partial charge in [-0.2, -0.15) is 0 Å². The molecule has 3 aliphatic carbocycles. The molecular weight excluding hydrogens is 422 g/mol. The van der Waals surface area contributed by atoms with Crippen LogP contribution in [0.5, 0.6) is 0 Å². The maximum Gasteiger partial charge on any atom is 0.171 e. The summed E-state index contributed by atoms with van der Waals surface area (Å²) in [6.07, 6.45) is 17.7. The molecule has 4 heteroatoms. The number of benzene rings is 1. The molecule has 176 valence electrons. The molecular formula is C30H33NO3. The molecule has 34 heavy (non-hydrogen) atoms. The van der Waals surface area contributed by atoms with Crippen LogP contribution in [-0.2, 0) is 14.2 Å². The SMILES string of the molecule is C[C@@]12CC=C3C=C4CCC5(C[C@]46CC[C@]3(O6)[C@@H]1CCC2c1ccc2ccncc2c1)OCCO5. The zero-order valence-electron chi connectivity index (χ0n) is 20.0. The van der Waals surface area contributed by atoms with Gasteiger partial charge in [-0.15, -0.1) is 0 Å². The summed E-state index contributed by atoms with van der Waals surface area (Å²) in [5, 5.41) is 2.53. The van der Waals surface area contributed by atoms with E-state index in [0.29, 0.717) is 11.8 Å². The van der Waals surface area contributed by atoms with Crippen LogP contribution in [-0.4, -0.2) is 35.2 Å². The molecule has 5 atom stereocenters. The third-order valence-corrected chi connectivity index (χ3v) is 10.6. The number of aromatic nitrogens is 1. The Balaban J connectivity index is 1.18. The topological polar surface area (TPSA) is 40.6 Å². The molecule has 2 saturated carbocycles. The van der Waals surface area contributed by atoms with Crippen molar-refractivity contribution in [3.63, 3.8) is 0 Å². The zero-order chi connectivity index (χ0) is 22.6. The average Bonchev–Trinajstić information content (AvgIpc) is 3.53. The maximum absolute atomic E-state index is 7.39. The monoisotopic (exact) mass is 455 g/mol. The van der Waals surface area contributed by atoms with Crippen molar-refractivity contribution in [1.29, 1.82) is 0 Å². The summed E-state index contributed by atoms with van der Waals surface area (Å²) in [7, 11) is 0. The van der Waals surface area contributed by atoms with Gasteiger partial charge in [-0.25, -0.2) is 0 Å². The Morgan fingerprint density at radius 3 is 2.82 bits per heavy atom. The van der Waals surface area contributed by atoms with Gasteiger partial charge in [0.15, 0.2) is 5.79 Å². The van der Waals surface area contributed by atoms with Gasteiger partial charge in [-0.05, 0) is 90.0 Å². The Hall–Kier alpha value is -2.01. The molecule has 2 saturated heterocycles. The summed E-state index contributed by atoms with van der Waals surface area (Å²) in [6.45, 7) is 3.98. The number of hydrogen-bond donors (Lipinski definition) is 0. The van der Waals surface area contributed by atoms with Crippen molar-refractivity contribution in [3.05, 3.63) is 65.5 Å². The highest BCUT2D eigenvalue weighted by Crippen LogP contribution is 2.69. The van der Waals surface area contributed by atoms with Crippen molar-refractivity contribution < 1.29 is 14.2 Å². The van der Waals surface area contributed by atoms with E-state index in [4.69, 9.17) is 14.2 Å². The van der Waals surface area contributed by atoms with Crippen molar-refractivity contribution in [3.8, 4) is 0 Å². The number of nitrogens with zero attached hydrogens (tertiary/aromatic N) is 1. The third kappa shape index (κ3) is 2.47. The summed E-state index contributed by atoms with van der Waals surface area (Å²) in [6, 6.07) is 9.16. The van der Waals surface area contributed by atoms with Crippen molar-refractivity contribution in [2.24, 2.45) is 11.3 Å². The van der Waals surface area contributed by atoms with Crippen molar-refractivity contribution in [1.82, 2.24) is 4.98 Å². The molecule has 6 aliphatic rings. The van der Waals surface area contributed by atoms with Gasteiger partial charge in [0.1, 0.15) is 0 Å².